The van der Waals surface area contributed by atoms with Crippen LogP contribution in [0.25, 0.3) is 0 Å². The number of ether oxygens (including phenoxy) is 1. The number of rotatable bonds is 4. The Morgan fingerprint density at radius 1 is 1.39 bits per heavy atom. The van der Waals surface area contributed by atoms with Crippen molar-refractivity contribution < 1.29 is 14.8 Å². The van der Waals surface area contributed by atoms with Crippen molar-refractivity contribution in [2.75, 3.05) is 26.7 Å². The van der Waals surface area contributed by atoms with E-state index in [1.165, 1.54) is 32.6 Å². The molecule has 0 amide bonds. The Morgan fingerprint density at radius 2 is 2.17 bits per heavy atom. The Balaban J connectivity index is 1.82. The third-order valence-electron chi connectivity index (χ3n) is 5.14. The molecule has 2 atom stereocenters. The zero-order chi connectivity index (χ0) is 16.6. The number of hydrogen-bond donors (Lipinski definition) is 1. The van der Waals surface area contributed by atoms with Gasteiger partial charge >= 0.3 is 5.69 Å². The van der Waals surface area contributed by atoms with Crippen LogP contribution in [-0.4, -0.2) is 58.7 Å². The smallest absolute Gasteiger partial charge is 0.314 e. The maximum atomic E-state index is 11.1. The number of methoxy groups -OCH3 is 1. The van der Waals surface area contributed by atoms with E-state index in [1.807, 2.05) is 0 Å². The van der Waals surface area contributed by atoms with Gasteiger partial charge in [0.25, 0.3) is 0 Å². The van der Waals surface area contributed by atoms with E-state index >= 15 is 0 Å². The average Bonchev–Trinajstić information content (AvgIpc) is 3.00. The van der Waals surface area contributed by atoms with Gasteiger partial charge in [0.2, 0.25) is 5.75 Å². The third kappa shape index (κ3) is 2.98. The van der Waals surface area contributed by atoms with Gasteiger partial charge in [-0.05, 0) is 37.9 Å². The Kier molecular flexibility index (Phi) is 4.41. The van der Waals surface area contributed by atoms with E-state index in [9.17, 15) is 15.2 Å². The summed E-state index contributed by atoms with van der Waals surface area (Å²) in [6, 6.07) is 4.14. The van der Waals surface area contributed by atoms with Gasteiger partial charge in [-0.2, -0.15) is 0 Å². The SMILES string of the molecule is COc1cc(CN2CCN3CCC[C@H]3[C@@H]2C)cc([N+](=O)[O-])c1O. The van der Waals surface area contributed by atoms with E-state index < -0.39 is 10.7 Å². The highest BCUT2D eigenvalue weighted by molar-refractivity contribution is 5.57. The number of fused-ring (bicyclic) bond motifs is 1. The fourth-order valence-electron chi connectivity index (χ4n) is 3.87. The molecule has 0 saturated carbocycles. The molecule has 2 fully saturated rings. The minimum atomic E-state index is -0.570. The van der Waals surface area contributed by atoms with E-state index in [2.05, 4.69) is 16.7 Å². The molecule has 0 bridgehead atoms. The summed E-state index contributed by atoms with van der Waals surface area (Å²) >= 11 is 0. The van der Waals surface area contributed by atoms with Crippen molar-refractivity contribution in [1.82, 2.24) is 9.80 Å². The molecule has 7 heteroatoms. The van der Waals surface area contributed by atoms with Gasteiger partial charge in [-0.25, -0.2) is 0 Å². The number of phenolic OH excluding ortho intramolecular Hbond substituents is 1. The van der Waals surface area contributed by atoms with Crippen LogP contribution < -0.4 is 4.74 Å². The number of nitro groups is 1. The van der Waals surface area contributed by atoms with Crippen LogP contribution in [0.4, 0.5) is 5.69 Å². The number of piperazine rings is 1. The van der Waals surface area contributed by atoms with Gasteiger partial charge in [-0.3, -0.25) is 19.9 Å². The van der Waals surface area contributed by atoms with Gasteiger partial charge in [-0.15, -0.1) is 0 Å². The van der Waals surface area contributed by atoms with Crippen LogP contribution in [0, 0.1) is 10.1 Å². The molecular weight excluding hydrogens is 298 g/mol. The topological polar surface area (TPSA) is 79.1 Å². The molecule has 0 radical (unpaired) electrons. The molecule has 1 N–H and O–H groups in total. The number of aromatic hydroxyl groups is 1. The normalized spacial score (nSPS) is 25.3. The Bertz CT molecular complexity index is 607. The first kappa shape index (κ1) is 16.0. The van der Waals surface area contributed by atoms with Gasteiger partial charge < -0.3 is 9.84 Å². The monoisotopic (exact) mass is 321 g/mol. The molecule has 0 aliphatic carbocycles. The lowest BCUT2D eigenvalue weighted by molar-refractivity contribution is -0.386. The largest absolute Gasteiger partial charge is 0.500 e. The summed E-state index contributed by atoms with van der Waals surface area (Å²) in [5, 5.41) is 21.0. The first-order valence-electron chi connectivity index (χ1n) is 8.03. The second-order valence-corrected chi connectivity index (χ2v) is 6.38. The molecule has 1 aromatic rings. The van der Waals surface area contributed by atoms with E-state index in [-0.39, 0.29) is 11.4 Å². The molecule has 0 aromatic heterocycles. The molecule has 1 aromatic carbocycles. The minimum absolute atomic E-state index is 0.154. The molecule has 2 saturated heterocycles. The van der Waals surface area contributed by atoms with Crippen LogP contribution >= 0.6 is 0 Å². The summed E-state index contributed by atoms with van der Waals surface area (Å²) in [6.45, 7) is 6.04. The molecule has 7 nitrogen and oxygen atoms in total. The second kappa shape index (κ2) is 6.33. The highest BCUT2D eigenvalue weighted by Crippen LogP contribution is 2.37. The molecule has 23 heavy (non-hydrogen) atoms. The molecule has 2 heterocycles. The Hall–Kier alpha value is -1.86. The first-order valence-corrected chi connectivity index (χ1v) is 8.03. The number of nitrogens with zero attached hydrogens (tertiary/aromatic N) is 3. The van der Waals surface area contributed by atoms with Crippen molar-refractivity contribution in [1.29, 1.82) is 0 Å². The summed E-state index contributed by atoms with van der Waals surface area (Å²) < 4.78 is 5.08. The van der Waals surface area contributed by atoms with Crippen molar-refractivity contribution in [3.8, 4) is 11.5 Å². The van der Waals surface area contributed by atoms with Crippen molar-refractivity contribution in [3.63, 3.8) is 0 Å². The van der Waals surface area contributed by atoms with Crippen LogP contribution in [0.3, 0.4) is 0 Å². The number of hydrogen-bond acceptors (Lipinski definition) is 6. The average molecular weight is 321 g/mol. The summed E-state index contributed by atoms with van der Waals surface area (Å²) in [5.41, 5.74) is 0.496. The predicted octanol–water partition coefficient (Wildman–Crippen LogP) is 1.98. The van der Waals surface area contributed by atoms with Crippen LogP contribution in [0.15, 0.2) is 12.1 Å². The summed E-state index contributed by atoms with van der Waals surface area (Å²) in [6.07, 6.45) is 2.47. The lowest BCUT2D eigenvalue weighted by atomic mass is 10.0. The van der Waals surface area contributed by atoms with Crippen LogP contribution in [-0.2, 0) is 6.54 Å². The van der Waals surface area contributed by atoms with E-state index in [0.717, 1.165) is 18.7 Å². The molecular formula is C16H23N3O4. The number of benzene rings is 1. The maximum Gasteiger partial charge on any atom is 0.314 e. The summed E-state index contributed by atoms with van der Waals surface area (Å²) in [5.74, 6) is -0.253. The molecule has 3 rings (SSSR count). The maximum absolute atomic E-state index is 11.1. The summed E-state index contributed by atoms with van der Waals surface area (Å²) in [7, 11) is 1.41. The fourth-order valence-corrected chi connectivity index (χ4v) is 3.87. The highest BCUT2D eigenvalue weighted by Gasteiger charge is 2.36. The molecule has 0 unspecified atom stereocenters. The van der Waals surface area contributed by atoms with Gasteiger partial charge in [0, 0.05) is 37.8 Å². The van der Waals surface area contributed by atoms with Crippen molar-refractivity contribution in [2.24, 2.45) is 0 Å². The quantitative estimate of drug-likeness (QED) is 0.675. The van der Waals surface area contributed by atoms with Crippen molar-refractivity contribution in [3.05, 3.63) is 27.8 Å². The molecule has 0 spiro atoms. The Labute approximate surface area is 135 Å². The standard InChI is InChI=1S/C16H23N3O4/c1-11-13-4-3-5-17(13)6-7-18(11)10-12-8-14(19(21)22)16(20)15(9-12)23-2/h8-9,11,13,20H,3-7,10H2,1-2H3/t11-,13-/m0/s1. The lowest BCUT2D eigenvalue weighted by Crippen LogP contribution is -2.55. The van der Waals surface area contributed by atoms with Crippen LogP contribution in [0.1, 0.15) is 25.3 Å². The molecule has 2 aliphatic rings. The van der Waals surface area contributed by atoms with Gasteiger partial charge in [-0.1, -0.05) is 0 Å². The molecule has 126 valence electrons. The van der Waals surface area contributed by atoms with E-state index in [4.69, 9.17) is 4.74 Å². The van der Waals surface area contributed by atoms with Crippen molar-refractivity contribution >= 4 is 5.69 Å². The molecule has 2 aliphatic heterocycles. The summed E-state index contributed by atoms with van der Waals surface area (Å²) in [4.78, 5) is 15.5. The zero-order valence-corrected chi connectivity index (χ0v) is 13.6. The minimum Gasteiger partial charge on any atom is -0.500 e. The number of nitro benzene ring substituents is 1. The lowest BCUT2D eigenvalue weighted by Gasteiger charge is -2.43. The fraction of sp³-hybridized carbons (Fsp3) is 0.625. The highest BCUT2D eigenvalue weighted by atomic mass is 16.6. The van der Waals surface area contributed by atoms with E-state index in [0.29, 0.717) is 18.6 Å². The van der Waals surface area contributed by atoms with Crippen LogP contribution in [0.5, 0.6) is 11.5 Å². The Morgan fingerprint density at radius 3 is 2.87 bits per heavy atom. The number of phenols is 1. The van der Waals surface area contributed by atoms with Crippen LogP contribution in [0.2, 0.25) is 0 Å². The van der Waals surface area contributed by atoms with Crippen molar-refractivity contribution in [2.45, 2.75) is 38.4 Å². The predicted molar refractivity (Wildman–Crippen MR) is 85.8 cm³/mol. The zero-order valence-electron chi connectivity index (χ0n) is 13.6. The third-order valence-corrected chi connectivity index (χ3v) is 5.14. The van der Waals surface area contributed by atoms with Gasteiger partial charge in [0.05, 0.1) is 12.0 Å². The van der Waals surface area contributed by atoms with E-state index in [1.54, 1.807) is 6.07 Å². The van der Waals surface area contributed by atoms with Gasteiger partial charge in [0.15, 0.2) is 5.75 Å². The second-order valence-electron chi connectivity index (χ2n) is 6.38. The van der Waals surface area contributed by atoms with Gasteiger partial charge in [0.1, 0.15) is 0 Å². The first-order chi connectivity index (χ1) is 11.0.